The van der Waals surface area contributed by atoms with E-state index in [-0.39, 0.29) is 6.42 Å². The number of aldehydes is 1. The van der Waals surface area contributed by atoms with Gasteiger partial charge in [0, 0.05) is 19.5 Å². The van der Waals surface area contributed by atoms with Crippen molar-refractivity contribution >= 4 is 6.29 Å². The quantitative estimate of drug-likeness (QED) is 0.486. The van der Waals surface area contributed by atoms with Gasteiger partial charge in [0.25, 0.3) is 0 Å². The van der Waals surface area contributed by atoms with Crippen LogP contribution in [0.25, 0.3) is 0 Å². The first kappa shape index (κ1) is 7.65. The van der Waals surface area contributed by atoms with Crippen molar-refractivity contribution < 1.29 is 9.90 Å². The monoisotopic (exact) mass is 144 g/mol. The largest absolute Gasteiger partial charge is 0.378 e. The number of nitrogens with one attached hydrogen (secondary N) is 1. The smallest absolute Gasteiger partial charge is 0.123 e. The van der Waals surface area contributed by atoms with Crippen molar-refractivity contribution in [2.45, 2.75) is 12.6 Å². The fourth-order valence-electron chi connectivity index (χ4n) is 1.01. The fourth-order valence-corrected chi connectivity index (χ4v) is 1.01. The minimum absolute atomic E-state index is 0.210. The van der Waals surface area contributed by atoms with Crippen molar-refractivity contribution in [1.29, 1.82) is 0 Å². The second kappa shape index (κ2) is 3.65. The molecule has 4 heteroatoms. The van der Waals surface area contributed by atoms with Crippen LogP contribution in [0, 0.1) is 0 Å². The van der Waals surface area contributed by atoms with E-state index in [9.17, 15) is 9.90 Å². The Labute approximate surface area is 59.8 Å². The summed E-state index contributed by atoms with van der Waals surface area (Å²) in [5.41, 5.74) is 0. The standard InChI is InChI=1S/C6H12N2O2/c9-4-1-6(10)8-3-2-7-5-8/h4,6-7,10H,1-3,5H2. The molecule has 1 aliphatic rings. The average molecular weight is 144 g/mol. The average Bonchev–Trinajstić information content (AvgIpc) is 2.38. The summed E-state index contributed by atoms with van der Waals surface area (Å²) < 4.78 is 0. The van der Waals surface area contributed by atoms with Crippen molar-refractivity contribution in [2.75, 3.05) is 19.8 Å². The molecule has 1 fully saturated rings. The van der Waals surface area contributed by atoms with Crippen molar-refractivity contribution in [3.8, 4) is 0 Å². The number of carbonyl (C=O) groups is 1. The number of hydrogen-bond donors (Lipinski definition) is 2. The first-order valence-corrected chi connectivity index (χ1v) is 3.41. The minimum atomic E-state index is -0.590. The second-order valence-corrected chi connectivity index (χ2v) is 2.35. The van der Waals surface area contributed by atoms with Gasteiger partial charge < -0.3 is 15.2 Å². The topological polar surface area (TPSA) is 52.6 Å². The Hall–Kier alpha value is -0.450. The SMILES string of the molecule is O=CCC(O)N1CCNC1. The van der Waals surface area contributed by atoms with E-state index in [2.05, 4.69) is 5.32 Å². The summed E-state index contributed by atoms with van der Waals surface area (Å²) in [6.45, 7) is 2.42. The maximum Gasteiger partial charge on any atom is 0.123 e. The Morgan fingerprint density at radius 1 is 1.80 bits per heavy atom. The van der Waals surface area contributed by atoms with Gasteiger partial charge in [0.1, 0.15) is 12.5 Å². The van der Waals surface area contributed by atoms with Crippen molar-refractivity contribution in [3.63, 3.8) is 0 Å². The van der Waals surface area contributed by atoms with Gasteiger partial charge in [-0.05, 0) is 0 Å². The summed E-state index contributed by atoms with van der Waals surface area (Å²) in [6, 6.07) is 0. The van der Waals surface area contributed by atoms with E-state index in [1.807, 2.05) is 4.90 Å². The molecule has 1 aliphatic heterocycles. The van der Waals surface area contributed by atoms with Gasteiger partial charge in [0.2, 0.25) is 0 Å². The van der Waals surface area contributed by atoms with E-state index >= 15 is 0 Å². The highest BCUT2D eigenvalue weighted by atomic mass is 16.3. The van der Waals surface area contributed by atoms with E-state index in [1.165, 1.54) is 0 Å². The predicted molar refractivity (Wildman–Crippen MR) is 36.3 cm³/mol. The van der Waals surface area contributed by atoms with Gasteiger partial charge in [0.05, 0.1) is 6.67 Å². The predicted octanol–water partition coefficient (Wildman–Crippen LogP) is -1.24. The molecule has 1 unspecified atom stereocenters. The second-order valence-electron chi connectivity index (χ2n) is 2.35. The van der Waals surface area contributed by atoms with Gasteiger partial charge in [-0.1, -0.05) is 0 Å². The lowest BCUT2D eigenvalue weighted by atomic mass is 10.4. The van der Waals surface area contributed by atoms with E-state index in [4.69, 9.17) is 0 Å². The van der Waals surface area contributed by atoms with E-state index < -0.39 is 6.23 Å². The summed E-state index contributed by atoms with van der Waals surface area (Å²) in [4.78, 5) is 11.8. The molecule has 0 saturated carbocycles. The van der Waals surface area contributed by atoms with Crippen LogP contribution in [0.15, 0.2) is 0 Å². The van der Waals surface area contributed by atoms with Crippen LogP contribution in [-0.4, -0.2) is 42.3 Å². The van der Waals surface area contributed by atoms with Crippen LogP contribution in [0.1, 0.15) is 6.42 Å². The van der Waals surface area contributed by atoms with E-state index in [0.717, 1.165) is 19.4 Å². The number of nitrogens with zero attached hydrogens (tertiary/aromatic N) is 1. The third kappa shape index (κ3) is 1.76. The number of hydrogen-bond acceptors (Lipinski definition) is 4. The molecule has 0 aromatic rings. The highest BCUT2D eigenvalue weighted by Crippen LogP contribution is 2.00. The molecule has 1 saturated heterocycles. The van der Waals surface area contributed by atoms with Crippen LogP contribution in [-0.2, 0) is 4.79 Å². The van der Waals surface area contributed by atoms with Crippen molar-refractivity contribution in [2.24, 2.45) is 0 Å². The summed E-state index contributed by atoms with van der Waals surface area (Å²) in [5.74, 6) is 0. The van der Waals surface area contributed by atoms with Gasteiger partial charge in [-0.15, -0.1) is 0 Å². The van der Waals surface area contributed by atoms with Crippen LogP contribution >= 0.6 is 0 Å². The van der Waals surface area contributed by atoms with Gasteiger partial charge in [0.15, 0.2) is 0 Å². The maximum atomic E-state index is 9.96. The summed E-state index contributed by atoms with van der Waals surface area (Å²) >= 11 is 0. The molecule has 1 rings (SSSR count). The highest BCUT2D eigenvalue weighted by molar-refractivity contribution is 5.49. The Bertz CT molecular complexity index is 112. The van der Waals surface area contributed by atoms with Crippen LogP contribution in [0.2, 0.25) is 0 Å². The van der Waals surface area contributed by atoms with E-state index in [0.29, 0.717) is 6.67 Å². The molecular weight excluding hydrogens is 132 g/mol. The van der Waals surface area contributed by atoms with Crippen molar-refractivity contribution in [3.05, 3.63) is 0 Å². The molecule has 4 nitrogen and oxygen atoms in total. The number of aliphatic hydroxyl groups is 1. The Morgan fingerprint density at radius 3 is 3.10 bits per heavy atom. The van der Waals surface area contributed by atoms with Gasteiger partial charge in [-0.2, -0.15) is 0 Å². The van der Waals surface area contributed by atoms with Gasteiger partial charge >= 0.3 is 0 Å². The Kier molecular flexibility index (Phi) is 2.80. The highest BCUT2D eigenvalue weighted by Gasteiger charge is 2.17. The fraction of sp³-hybridized carbons (Fsp3) is 0.833. The molecule has 0 radical (unpaired) electrons. The van der Waals surface area contributed by atoms with Crippen LogP contribution in [0.5, 0.6) is 0 Å². The van der Waals surface area contributed by atoms with Crippen LogP contribution in [0.3, 0.4) is 0 Å². The Balaban J connectivity index is 2.24. The molecule has 0 spiro atoms. The number of aliphatic hydroxyl groups excluding tert-OH is 1. The van der Waals surface area contributed by atoms with Crippen LogP contribution in [0.4, 0.5) is 0 Å². The van der Waals surface area contributed by atoms with Gasteiger partial charge in [-0.3, -0.25) is 4.90 Å². The lowest BCUT2D eigenvalue weighted by Crippen LogP contribution is -2.34. The first-order chi connectivity index (χ1) is 4.84. The molecule has 2 N–H and O–H groups in total. The zero-order valence-electron chi connectivity index (χ0n) is 5.79. The third-order valence-corrected chi connectivity index (χ3v) is 1.62. The third-order valence-electron chi connectivity index (χ3n) is 1.62. The zero-order valence-corrected chi connectivity index (χ0v) is 5.79. The maximum absolute atomic E-state index is 9.96. The minimum Gasteiger partial charge on any atom is -0.378 e. The lowest BCUT2D eigenvalue weighted by molar-refractivity contribution is -0.112. The zero-order chi connectivity index (χ0) is 7.40. The van der Waals surface area contributed by atoms with E-state index in [1.54, 1.807) is 0 Å². The first-order valence-electron chi connectivity index (χ1n) is 3.41. The molecule has 0 amide bonds. The molecule has 0 aromatic carbocycles. The molecule has 0 aliphatic carbocycles. The summed E-state index contributed by atoms with van der Waals surface area (Å²) in [5, 5.41) is 12.3. The Morgan fingerprint density at radius 2 is 2.60 bits per heavy atom. The van der Waals surface area contributed by atoms with Gasteiger partial charge in [-0.25, -0.2) is 0 Å². The number of rotatable bonds is 3. The molecular formula is C6H12N2O2. The summed E-state index contributed by atoms with van der Waals surface area (Å²) in [6.07, 6.45) is 0.359. The van der Waals surface area contributed by atoms with Crippen molar-refractivity contribution in [1.82, 2.24) is 10.2 Å². The lowest BCUT2D eigenvalue weighted by Gasteiger charge is -2.18. The summed E-state index contributed by atoms with van der Waals surface area (Å²) in [7, 11) is 0. The molecule has 1 atom stereocenters. The van der Waals surface area contributed by atoms with Crippen LogP contribution < -0.4 is 5.32 Å². The molecule has 1 heterocycles. The molecule has 58 valence electrons. The molecule has 10 heavy (non-hydrogen) atoms. The number of carbonyl (C=O) groups excluding carboxylic acids is 1. The molecule has 0 bridgehead atoms. The molecule has 0 aromatic heterocycles. The normalized spacial score (nSPS) is 22.9.